The van der Waals surface area contributed by atoms with Crippen LogP contribution in [-0.4, -0.2) is 95.9 Å². The van der Waals surface area contributed by atoms with Gasteiger partial charge in [-0.3, -0.25) is 32.5 Å². The molecule has 95 heavy (non-hydrogen) atoms. The third-order valence-corrected chi connectivity index (χ3v) is 18.3. The van der Waals surface area contributed by atoms with Crippen LogP contribution >= 0.6 is 15.6 Å². The first-order valence-corrected chi connectivity index (χ1v) is 41.2. The maximum atomic E-state index is 12.9. The van der Waals surface area contributed by atoms with E-state index in [2.05, 4.69) is 93.7 Å². The average molecular weight is 1380 g/mol. The zero-order valence-electron chi connectivity index (χ0n) is 60.3. The summed E-state index contributed by atoms with van der Waals surface area (Å²) in [7, 11) is -9.77. The van der Waals surface area contributed by atoms with Crippen LogP contribution in [0.15, 0.2) is 72.9 Å². The standard InChI is InChI=1S/C77H140O16P2/c1-4-7-10-13-16-19-22-25-28-29-30-31-32-33-34-35-36-37-38-39-40-41-44-46-48-51-54-57-60-63-75(80)87-66-72(78)67-89-94(83,84)90-68-73(79)69-91-95(85,86)92-71-74(93-77(82)65-62-59-56-53-50-47-43-27-24-21-18-15-12-9-6-3)70-88-76(81)64-61-58-55-52-49-45-42-26-23-20-17-14-11-8-5-2/h16-17,19-20,25-26,28,30-31,33-34,42,72-74,78-79H,4-15,18,21-24,27,29,32,35-41,43-71H2,1-3H3,(H,83,84)(H,85,86)/b19-16-,20-17-,28-25-,31-30-,34-33-,42-26-. The molecule has 0 spiro atoms. The van der Waals surface area contributed by atoms with E-state index < -0.39 is 91.5 Å². The van der Waals surface area contributed by atoms with E-state index in [-0.39, 0.29) is 19.3 Å². The van der Waals surface area contributed by atoms with Gasteiger partial charge in [-0.1, -0.05) is 299 Å². The Hall–Kier alpha value is -3.01. The Bertz CT molecular complexity index is 2020. The molecule has 0 aliphatic rings. The summed E-state index contributed by atoms with van der Waals surface area (Å²) < 4.78 is 61.0. The zero-order chi connectivity index (χ0) is 69.5. The Morgan fingerprint density at radius 2 is 0.526 bits per heavy atom. The van der Waals surface area contributed by atoms with Crippen LogP contribution in [0.2, 0.25) is 0 Å². The minimum Gasteiger partial charge on any atom is -0.463 e. The SMILES string of the molecule is CCCCC/C=C\C/C=C\C/C=C\C/C=C\CCCCCCCCCCCCCCCC(=O)OCC(O)COP(=O)(O)OCC(O)COP(=O)(O)OCC(COC(=O)CCCCCCC/C=C\C/C=C\CCCCC)OC(=O)CCCCCCCCCCCCCCCCC. The highest BCUT2D eigenvalue weighted by molar-refractivity contribution is 7.47. The number of unbranched alkanes of at least 4 members (excludes halogenated alkanes) is 38. The Morgan fingerprint density at radius 3 is 0.853 bits per heavy atom. The van der Waals surface area contributed by atoms with Crippen molar-refractivity contribution in [2.24, 2.45) is 0 Å². The molecule has 0 rings (SSSR count). The van der Waals surface area contributed by atoms with Gasteiger partial charge in [-0.25, -0.2) is 9.13 Å². The van der Waals surface area contributed by atoms with Gasteiger partial charge in [0.05, 0.1) is 26.4 Å². The number of carbonyl (C=O) groups is 3. The Labute approximate surface area is 579 Å². The lowest BCUT2D eigenvalue weighted by Crippen LogP contribution is -2.30. The highest BCUT2D eigenvalue weighted by Gasteiger charge is 2.29. The molecule has 16 nitrogen and oxygen atoms in total. The first-order valence-electron chi connectivity index (χ1n) is 38.2. The van der Waals surface area contributed by atoms with Crippen LogP contribution in [0, 0.1) is 0 Å². The molecule has 5 atom stereocenters. The number of rotatable bonds is 73. The number of aliphatic hydroxyl groups is 2. The fourth-order valence-electron chi connectivity index (χ4n) is 10.5. The van der Waals surface area contributed by atoms with Crippen LogP contribution in [0.1, 0.15) is 342 Å². The van der Waals surface area contributed by atoms with Crippen molar-refractivity contribution in [3.63, 3.8) is 0 Å². The molecule has 0 aromatic rings. The number of ether oxygens (including phenoxy) is 3. The van der Waals surface area contributed by atoms with Gasteiger partial charge >= 0.3 is 33.6 Å². The number of carbonyl (C=O) groups excluding carboxylic acids is 3. The summed E-state index contributed by atoms with van der Waals surface area (Å²) in [4.78, 5) is 58.5. The number of hydrogen-bond donors (Lipinski definition) is 4. The first-order chi connectivity index (χ1) is 46.2. The highest BCUT2D eigenvalue weighted by Crippen LogP contribution is 2.45. The monoisotopic (exact) mass is 1380 g/mol. The normalized spacial score (nSPS) is 14.5. The van der Waals surface area contributed by atoms with Crippen LogP contribution in [0.3, 0.4) is 0 Å². The largest absolute Gasteiger partial charge is 0.472 e. The Morgan fingerprint density at radius 1 is 0.295 bits per heavy atom. The molecule has 0 aliphatic heterocycles. The van der Waals surface area contributed by atoms with Crippen LogP contribution in [0.4, 0.5) is 0 Å². The predicted octanol–water partition coefficient (Wildman–Crippen LogP) is 21.9. The zero-order valence-corrected chi connectivity index (χ0v) is 62.1. The highest BCUT2D eigenvalue weighted by atomic mass is 31.2. The summed E-state index contributed by atoms with van der Waals surface area (Å²) in [6.07, 6.45) is 76.7. The minimum atomic E-state index is -4.92. The lowest BCUT2D eigenvalue weighted by Gasteiger charge is -2.21. The van der Waals surface area contributed by atoms with Crippen molar-refractivity contribution < 1.29 is 75.8 Å². The fraction of sp³-hybridized carbons (Fsp3) is 0.805. The van der Waals surface area contributed by atoms with Gasteiger partial charge in [-0.15, -0.1) is 0 Å². The number of phosphoric ester groups is 2. The lowest BCUT2D eigenvalue weighted by atomic mass is 10.0. The summed E-state index contributed by atoms with van der Waals surface area (Å²) >= 11 is 0. The Balaban J connectivity index is 4.46. The maximum Gasteiger partial charge on any atom is 0.472 e. The van der Waals surface area contributed by atoms with Crippen molar-refractivity contribution in [3.05, 3.63) is 72.9 Å². The van der Waals surface area contributed by atoms with Gasteiger partial charge in [0.2, 0.25) is 0 Å². The molecule has 4 N–H and O–H groups in total. The van der Waals surface area contributed by atoms with Gasteiger partial charge in [-0.05, 0) is 96.3 Å². The number of aliphatic hydroxyl groups excluding tert-OH is 2. The van der Waals surface area contributed by atoms with E-state index in [1.165, 1.54) is 167 Å². The molecule has 0 amide bonds. The van der Waals surface area contributed by atoms with Crippen molar-refractivity contribution in [2.75, 3.05) is 39.6 Å². The smallest absolute Gasteiger partial charge is 0.463 e. The molecule has 0 fully saturated rings. The second-order valence-electron chi connectivity index (χ2n) is 25.8. The predicted molar refractivity (Wildman–Crippen MR) is 390 cm³/mol. The van der Waals surface area contributed by atoms with Gasteiger partial charge in [0.15, 0.2) is 6.10 Å². The van der Waals surface area contributed by atoms with Crippen LogP contribution in [0.5, 0.6) is 0 Å². The van der Waals surface area contributed by atoms with Gasteiger partial charge in [-0.2, -0.15) is 0 Å². The number of phosphoric acid groups is 2. The fourth-order valence-corrected chi connectivity index (χ4v) is 12.1. The van der Waals surface area contributed by atoms with Crippen LogP contribution in [-0.2, 0) is 55.8 Å². The summed E-state index contributed by atoms with van der Waals surface area (Å²) in [5, 5.41) is 20.6. The third kappa shape index (κ3) is 72.1. The van der Waals surface area contributed by atoms with E-state index in [4.69, 9.17) is 32.3 Å². The second-order valence-corrected chi connectivity index (χ2v) is 28.7. The average Bonchev–Trinajstić information content (AvgIpc) is 1.83. The molecule has 0 saturated heterocycles. The van der Waals surface area contributed by atoms with Gasteiger partial charge < -0.3 is 34.2 Å². The van der Waals surface area contributed by atoms with Crippen molar-refractivity contribution >= 4 is 33.6 Å². The summed E-state index contributed by atoms with van der Waals surface area (Å²) in [6.45, 7) is 2.65. The second kappa shape index (κ2) is 70.8. The molecule has 0 aliphatic carbocycles. The van der Waals surface area contributed by atoms with Crippen LogP contribution < -0.4 is 0 Å². The van der Waals surface area contributed by atoms with Crippen molar-refractivity contribution in [3.8, 4) is 0 Å². The molecular formula is C77H140O16P2. The molecular weight excluding hydrogens is 1240 g/mol. The molecule has 0 aromatic heterocycles. The molecule has 0 saturated carbocycles. The van der Waals surface area contributed by atoms with Crippen LogP contribution in [0.25, 0.3) is 0 Å². The summed E-state index contributed by atoms with van der Waals surface area (Å²) in [5.41, 5.74) is 0. The number of allylic oxidation sites excluding steroid dienone is 12. The molecule has 0 aromatic carbocycles. The molecule has 0 radical (unpaired) electrons. The summed E-state index contributed by atoms with van der Waals surface area (Å²) in [6, 6.07) is 0. The topological polar surface area (TPSA) is 231 Å². The van der Waals surface area contributed by atoms with Crippen molar-refractivity contribution in [1.29, 1.82) is 0 Å². The Kier molecular flexibility index (Phi) is 68.6. The molecule has 5 unspecified atom stereocenters. The van der Waals surface area contributed by atoms with Gasteiger partial charge in [0.25, 0.3) is 0 Å². The van der Waals surface area contributed by atoms with E-state index in [9.17, 15) is 43.5 Å². The summed E-state index contributed by atoms with van der Waals surface area (Å²) in [5.74, 6) is -1.57. The molecule has 18 heteroatoms. The van der Waals surface area contributed by atoms with Gasteiger partial charge in [0, 0.05) is 19.3 Å². The molecule has 0 heterocycles. The van der Waals surface area contributed by atoms with E-state index >= 15 is 0 Å². The van der Waals surface area contributed by atoms with E-state index in [1.807, 2.05) is 0 Å². The van der Waals surface area contributed by atoms with Crippen molar-refractivity contribution in [1.82, 2.24) is 0 Å². The van der Waals surface area contributed by atoms with E-state index in [0.717, 1.165) is 116 Å². The first kappa shape index (κ1) is 92.0. The lowest BCUT2D eigenvalue weighted by molar-refractivity contribution is -0.161. The third-order valence-electron chi connectivity index (χ3n) is 16.4. The minimum absolute atomic E-state index is 0.107. The maximum absolute atomic E-state index is 12.9. The molecule has 0 bridgehead atoms. The number of hydrogen-bond acceptors (Lipinski definition) is 14. The molecule has 554 valence electrons. The number of esters is 3. The van der Waals surface area contributed by atoms with E-state index in [0.29, 0.717) is 19.3 Å². The van der Waals surface area contributed by atoms with Crippen molar-refractivity contribution in [2.45, 2.75) is 360 Å². The quantitative estimate of drug-likeness (QED) is 0.0146. The van der Waals surface area contributed by atoms with Gasteiger partial charge in [0.1, 0.15) is 25.4 Å². The van der Waals surface area contributed by atoms with E-state index in [1.54, 1.807) is 0 Å².